The van der Waals surface area contributed by atoms with Crippen LogP contribution in [0.15, 0.2) is 36.8 Å². The monoisotopic (exact) mass is 382 g/mol. The third-order valence-electron chi connectivity index (χ3n) is 4.39. The van der Waals surface area contributed by atoms with Gasteiger partial charge >= 0.3 is 0 Å². The van der Waals surface area contributed by atoms with Gasteiger partial charge in [-0.05, 0) is 45.4 Å². The van der Waals surface area contributed by atoms with E-state index in [1.807, 2.05) is 56.5 Å². The highest BCUT2D eigenvalue weighted by atomic mass is 16.5. The van der Waals surface area contributed by atoms with Gasteiger partial charge in [0.25, 0.3) is 0 Å². The molecule has 2 N–H and O–H groups in total. The molecule has 4 heterocycles. The Morgan fingerprint density at radius 3 is 2.86 bits per heavy atom. The average molecular weight is 383 g/mol. The van der Waals surface area contributed by atoms with E-state index in [0.717, 1.165) is 42.4 Å². The summed E-state index contributed by atoms with van der Waals surface area (Å²) in [4.78, 5) is 13.6. The van der Waals surface area contributed by atoms with Crippen LogP contribution in [0.1, 0.15) is 40.5 Å². The van der Waals surface area contributed by atoms with Crippen molar-refractivity contribution in [1.29, 1.82) is 0 Å². The fourth-order valence-electron chi connectivity index (χ4n) is 3.22. The van der Waals surface area contributed by atoms with Crippen molar-refractivity contribution in [2.24, 2.45) is 0 Å². The summed E-state index contributed by atoms with van der Waals surface area (Å²) in [7, 11) is 0. The van der Waals surface area contributed by atoms with Crippen LogP contribution in [-0.2, 0) is 0 Å². The predicted octanol–water partition coefficient (Wildman–Crippen LogP) is 3.77. The van der Waals surface area contributed by atoms with Crippen molar-refractivity contribution in [2.45, 2.75) is 52.7 Å². The van der Waals surface area contributed by atoms with E-state index in [1.165, 1.54) is 6.42 Å². The molecule has 1 aliphatic heterocycles. The number of hydrogen-bond acceptors (Lipinski definition) is 6. The molecule has 3 aromatic heterocycles. The van der Waals surface area contributed by atoms with E-state index < -0.39 is 0 Å². The molecule has 3 aromatic rings. The van der Waals surface area contributed by atoms with Gasteiger partial charge in [-0.2, -0.15) is 0 Å². The number of rotatable bonds is 5. The molecule has 1 atom stereocenters. The van der Waals surface area contributed by atoms with Gasteiger partial charge in [0.05, 0.1) is 12.3 Å². The minimum atomic E-state index is 0.132. The molecule has 7 nitrogen and oxygen atoms in total. The summed E-state index contributed by atoms with van der Waals surface area (Å²) < 4.78 is 7.72. The smallest absolute Gasteiger partial charge is 0.180 e. The number of imidazole rings is 1. The Labute approximate surface area is 166 Å². The molecule has 1 fully saturated rings. The summed E-state index contributed by atoms with van der Waals surface area (Å²) in [5.41, 5.74) is 1.68. The van der Waals surface area contributed by atoms with Crippen molar-refractivity contribution in [1.82, 2.24) is 24.7 Å². The number of ether oxygens (including phenoxy) is 1. The second-order valence-corrected chi connectivity index (χ2v) is 6.85. The van der Waals surface area contributed by atoms with Gasteiger partial charge in [0.1, 0.15) is 22.9 Å². The number of anilines is 1. The van der Waals surface area contributed by atoms with E-state index in [0.29, 0.717) is 11.9 Å². The summed E-state index contributed by atoms with van der Waals surface area (Å²) in [5, 5.41) is 6.91. The number of pyridine rings is 1. The second kappa shape index (κ2) is 9.50. The van der Waals surface area contributed by atoms with Crippen molar-refractivity contribution in [3.63, 3.8) is 0 Å². The molecule has 0 aromatic carbocycles. The van der Waals surface area contributed by atoms with Crippen LogP contribution in [0.4, 0.5) is 5.82 Å². The topological polar surface area (TPSA) is 76.4 Å². The third kappa shape index (κ3) is 4.78. The minimum absolute atomic E-state index is 0.132. The standard InChI is InChI=1S/C19H24N6O.C2H6/c1-13(2)26-15-6-9-25-16(12-22-18(25)10-15)19-21-8-5-17(24-19)23-14-4-3-7-20-11-14;1-2/h5-6,8-10,12-14,20H,3-4,7,11H2,1-2H3,(H,21,23,24);1-2H3. The van der Waals surface area contributed by atoms with Crippen LogP contribution in [0.5, 0.6) is 5.75 Å². The van der Waals surface area contributed by atoms with E-state index in [-0.39, 0.29) is 6.10 Å². The first-order valence-electron chi connectivity index (χ1n) is 10.1. The molecule has 0 amide bonds. The summed E-state index contributed by atoms with van der Waals surface area (Å²) in [6.07, 6.45) is 8.01. The van der Waals surface area contributed by atoms with Crippen molar-refractivity contribution in [3.8, 4) is 17.3 Å². The lowest BCUT2D eigenvalue weighted by atomic mass is 10.1. The van der Waals surface area contributed by atoms with E-state index in [2.05, 4.69) is 25.6 Å². The highest BCUT2D eigenvalue weighted by Crippen LogP contribution is 2.22. The quantitative estimate of drug-likeness (QED) is 0.700. The van der Waals surface area contributed by atoms with Crippen LogP contribution in [-0.4, -0.2) is 44.6 Å². The molecule has 1 aliphatic rings. The van der Waals surface area contributed by atoms with E-state index in [9.17, 15) is 0 Å². The number of fused-ring (bicyclic) bond motifs is 1. The van der Waals surface area contributed by atoms with Crippen molar-refractivity contribution >= 4 is 11.5 Å². The van der Waals surface area contributed by atoms with Crippen LogP contribution in [0, 0.1) is 0 Å². The Hall–Kier alpha value is -2.67. The number of hydrogen-bond donors (Lipinski definition) is 2. The summed E-state index contributed by atoms with van der Waals surface area (Å²) in [5.74, 6) is 2.31. The number of aromatic nitrogens is 4. The second-order valence-electron chi connectivity index (χ2n) is 6.85. The largest absolute Gasteiger partial charge is 0.491 e. The fourth-order valence-corrected chi connectivity index (χ4v) is 3.22. The van der Waals surface area contributed by atoms with Crippen molar-refractivity contribution < 1.29 is 4.74 Å². The third-order valence-corrected chi connectivity index (χ3v) is 4.39. The average Bonchev–Trinajstić information content (AvgIpc) is 3.13. The van der Waals surface area contributed by atoms with Crippen LogP contribution in [0.3, 0.4) is 0 Å². The molecule has 0 aliphatic carbocycles. The fraction of sp³-hybridized carbons (Fsp3) is 0.476. The molecule has 7 heteroatoms. The van der Waals surface area contributed by atoms with Crippen LogP contribution in [0.2, 0.25) is 0 Å². The Balaban J connectivity index is 0.00000109. The number of piperidine rings is 1. The maximum atomic E-state index is 5.74. The minimum Gasteiger partial charge on any atom is -0.491 e. The normalized spacial score (nSPS) is 16.5. The lowest BCUT2D eigenvalue weighted by molar-refractivity contribution is 0.242. The molecule has 1 unspecified atom stereocenters. The molecular weight excluding hydrogens is 352 g/mol. The van der Waals surface area contributed by atoms with E-state index in [4.69, 9.17) is 4.74 Å². The predicted molar refractivity (Wildman–Crippen MR) is 113 cm³/mol. The summed E-state index contributed by atoms with van der Waals surface area (Å²) in [6.45, 7) is 10.1. The van der Waals surface area contributed by atoms with E-state index in [1.54, 1.807) is 12.4 Å². The Kier molecular flexibility index (Phi) is 6.81. The van der Waals surface area contributed by atoms with Crippen molar-refractivity contribution in [3.05, 3.63) is 36.8 Å². The maximum Gasteiger partial charge on any atom is 0.180 e. The van der Waals surface area contributed by atoms with Crippen LogP contribution >= 0.6 is 0 Å². The zero-order valence-electron chi connectivity index (χ0n) is 17.1. The Bertz CT molecular complexity index is 885. The Morgan fingerprint density at radius 2 is 2.11 bits per heavy atom. The van der Waals surface area contributed by atoms with Gasteiger partial charge in [-0.25, -0.2) is 15.0 Å². The molecule has 28 heavy (non-hydrogen) atoms. The van der Waals surface area contributed by atoms with Gasteiger partial charge in [-0.1, -0.05) is 13.8 Å². The summed E-state index contributed by atoms with van der Waals surface area (Å²) in [6, 6.07) is 6.19. The summed E-state index contributed by atoms with van der Waals surface area (Å²) >= 11 is 0. The first-order valence-corrected chi connectivity index (χ1v) is 10.1. The zero-order valence-corrected chi connectivity index (χ0v) is 17.1. The van der Waals surface area contributed by atoms with Gasteiger partial charge in [-0.15, -0.1) is 0 Å². The Morgan fingerprint density at radius 1 is 1.25 bits per heavy atom. The molecule has 1 saturated heterocycles. The van der Waals surface area contributed by atoms with Crippen molar-refractivity contribution in [2.75, 3.05) is 18.4 Å². The molecule has 150 valence electrons. The van der Waals surface area contributed by atoms with Gasteiger partial charge in [0, 0.05) is 31.0 Å². The molecule has 0 saturated carbocycles. The molecule has 0 spiro atoms. The van der Waals surface area contributed by atoms with Gasteiger partial charge in [0.2, 0.25) is 0 Å². The molecule has 4 rings (SSSR count). The van der Waals surface area contributed by atoms with Crippen LogP contribution < -0.4 is 15.4 Å². The van der Waals surface area contributed by atoms with Gasteiger partial charge < -0.3 is 15.4 Å². The lowest BCUT2D eigenvalue weighted by Crippen LogP contribution is -2.38. The number of nitrogens with zero attached hydrogens (tertiary/aromatic N) is 4. The lowest BCUT2D eigenvalue weighted by Gasteiger charge is -2.24. The molecular formula is C21H30N6O. The molecule has 0 bridgehead atoms. The maximum absolute atomic E-state index is 5.74. The van der Waals surface area contributed by atoms with Gasteiger partial charge in [0.15, 0.2) is 5.82 Å². The van der Waals surface area contributed by atoms with Gasteiger partial charge in [-0.3, -0.25) is 4.40 Å². The highest BCUT2D eigenvalue weighted by Gasteiger charge is 2.15. The number of nitrogens with one attached hydrogen (secondary N) is 2. The molecule has 0 radical (unpaired) electrons. The van der Waals surface area contributed by atoms with E-state index >= 15 is 0 Å². The van der Waals surface area contributed by atoms with Crippen LogP contribution in [0.25, 0.3) is 17.2 Å². The SMILES string of the molecule is CC.CC(C)Oc1ccn2c(-c3nccc(NC4CCCNC4)n3)cnc2c1. The first-order chi connectivity index (χ1) is 13.7. The first kappa shape index (κ1) is 20.1. The zero-order chi connectivity index (χ0) is 19.9. The highest BCUT2D eigenvalue weighted by molar-refractivity contribution is 5.59.